The number of likely N-dealkylation sites (tertiary alicyclic amines) is 1. The molecule has 1 fully saturated rings. The smallest absolute Gasteiger partial charge is 0.261 e. The summed E-state index contributed by atoms with van der Waals surface area (Å²) in [5, 5.41) is 5.08. The van der Waals surface area contributed by atoms with Crippen LogP contribution in [0.4, 0.5) is 0 Å². The lowest BCUT2D eigenvalue weighted by atomic mass is 10.0. The van der Waals surface area contributed by atoms with Crippen molar-refractivity contribution in [3.8, 4) is 0 Å². The van der Waals surface area contributed by atoms with E-state index in [1.807, 2.05) is 22.0 Å². The predicted molar refractivity (Wildman–Crippen MR) is 105 cm³/mol. The number of thiazole rings is 1. The molecule has 0 bridgehead atoms. The number of carbonyl (C=O) groups is 1. The fraction of sp³-hybridized carbons (Fsp3) is 0.556. The number of imidazole rings is 1. The highest BCUT2D eigenvalue weighted by molar-refractivity contribution is 7.21. The van der Waals surface area contributed by atoms with Crippen molar-refractivity contribution in [2.75, 3.05) is 19.6 Å². The Morgan fingerprint density at radius 3 is 3.20 bits per heavy atom. The topological polar surface area (TPSA) is 49.6 Å². The second-order valence-electron chi connectivity index (χ2n) is 6.81. The van der Waals surface area contributed by atoms with Crippen LogP contribution in [0.15, 0.2) is 17.6 Å². The van der Waals surface area contributed by atoms with Gasteiger partial charge in [0.2, 0.25) is 0 Å². The molecule has 1 N–H and O–H groups in total. The standard InChI is InChI=1S/C18H24N4OS2/c1-13-6-2-4-8-21(13)9-5-3-7-19-16(23)15-12-14-17(25-15)20-18-22(14)10-11-24-18/h10-13H,2-9H2,1H3,(H,19,23). The van der Waals surface area contributed by atoms with Gasteiger partial charge >= 0.3 is 0 Å². The quantitative estimate of drug-likeness (QED) is 0.662. The predicted octanol–water partition coefficient (Wildman–Crippen LogP) is 3.99. The van der Waals surface area contributed by atoms with E-state index in [0.29, 0.717) is 0 Å². The molecule has 0 aromatic carbocycles. The van der Waals surface area contributed by atoms with Crippen LogP contribution in [0.5, 0.6) is 0 Å². The van der Waals surface area contributed by atoms with E-state index in [9.17, 15) is 4.79 Å². The molecule has 1 unspecified atom stereocenters. The van der Waals surface area contributed by atoms with E-state index in [1.54, 1.807) is 11.3 Å². The Labute approximate surface area is 155 Å². The number of piperidine rings is 1. The molecule has 25 heavy (non-hydrogen) atoms. The Morgan fingerprint density at radius 2 is 2.32 bits per heavy atom. The third-order valence-corrected chi connectivity index (χ3v) is 6.84. The van der Waals surface area contributed by atoms with E-state index in [4.69, 9.17) is 0 Å². The number of nitrogens with one attached hydrogen (secondary N) is 1. The molecule has 1 aliphatic heterocycles. The van der Waals surface area contributed by atoms with Crippen molar-refractivity contribution in [3.05, 3.63) is 22.5 Å². The van der Waals surface area contributed by atoms with Crippen molar-refractivity contribution in [1.82, 2.24) is 19.6 Å². The molecule has 1 atom stereocenters. The maximum atomic E-state index is 12.4. The Kier molecular flexibility index (Phi) is 5.05. The van der Waals surface area contributed by atoms with E-state index < -0.39 is 0 Å². The number of fused-ring (bicyclic) bond motifs is 3. The first kappa shape index (κ1) is 17.0. The van der Waals surface area contributed by atoms with Crippen LogP contribution in [0.1, 0.15) is 48.7 Å². The third-order valence-electron chi connectivity index (χ3n) is 5.06. The second kappa shape index (κ2) is 7.43. The molecule has 0 spiro atoms. The zero-order valence-electron chi connectivity index (χ0n) is 14.5. The Morgan fingerprint density at radius 1 is 1.40 bits per heavy atom. The average molecular weight is 377 g/mol. The maximum absolute atomic E-state index is 12.4. The van der Waals surface area contributed by atoms with Gasteiger partial charge in [-0.25, -0.2) is 4.98 Å². The highest BCUT2D eigenvalue weighted by Gasteiger charge is 2.17. The molecule has 5 nitrogen and oxygen atoms in total. The number of unbranched alkanes of at least 4 members (excludes halogenated alkanes) is 1. The van der Waals surface area contributed by atoms with Crippen LogP contribution in [0.25, 0.3) is 15.3 Å². The summed E-state index contributed by atoms with van der Waals surface area (Å²) in [6.45, 7) is 5.47. The molecule has 4 heterocycles. The summed E-state index contributed by atoms with van der Waals surface area (Å²) < 4.78 is 2.05. The molecule has 7 heteroatoms. The van der Waals surface area contributed by atoms with Gasteiger partial charge in [-0.3, -0.25) is 9.20 Å². The zero-order valence-corrected chi connectivity index (χ0v) is 16.2. The largest absolute Gasteiger partial charge is 0.351 e. The molecule has 134 valence electrons. The minimum absolute atomic E-state index is 0.0262. The van der Waals surface area contributed by atoms with Gasteiger partial charge in [-0.1, -0.05) is 6.42 Å². The number of aromatic nitrogens is 2. The van der Waals surface area contributed by atoms with Gasteiger partial charge in [-0.2, -0.15) is 0 Å². The molecule has 1 saturated heterocycles. The highest BCUT2D eigenvalue weighted by Crippen LogP contribution is 2.28. The number of hydrogen-bond acceptors (Lipinski definition) is 5. The minimum Gasteiger partial charge on any atom is -0.351 e. The molecule has 0 aliphatic carbocycles. The summed E-state index contributed by atoms with van der Waals surface area (Å²) in [6, 6.07) is 2.68. The van der Waals surface area contributed by atoms with Gasteiger partial charge in [0.15, 0.2) is 4.96 Å². The lowest BCUT2D eigenvalue weighted by Crippen LogP contribution is -2.38. The average Bonchev–Trinajstić information content (AvgIpc) is 3.28. The monoisotopic (exact) mass is 376 g/mol. The second-order valence-corrected chi connectivity index (χ2v) is 8.72. The number of thiophene rings is 1. The molecule has 4 rings (SSSR count). The summed E-state index contributed by atoms with van der Waals surface area (Å²) >= 11 is 3.09. The first-order valence-corrected chi connectivity index (χ1v) is 10.8. The lowest BCUT2D eigenvalue weighted by Gasteiger charge is -2.33. The van der Waals surface area contributed by atoms with Crippen LogP contribution >= 0.6 is 22.7 Å². The van der Waals surface area contributed by atoms with Crippen molar-refractivity contribution in [2.24, 2.45) is 0 Å². The van der Waals surface area contributed by atoms with Crippen LogP contribution in [0.2, 0.25) is 0 Å². The molecular formula is C18H24N4OS2. The van der Waals surface area contributed by atoms with Gasteiger partial charge in [0.25, 0.3) is 5.91 Å². The number of carbonyl (C=O) groups excluding carboxylic acids is 1. The molecule has 3 aromatic rings. The number of nitrogens with zero attached hydrogens (tertiary/aromatic N) is 3. The van der Waals surface area contributed by atoms with Crippen LogP contribution in [-0.4, -0.2) is 45.9 Å². The first-order valence-electron chi connectivity index (χ1n) is 9.10. The van der Waals surface area contributed by atoms with Crippen LogP contribution < -0.4 is 5.32 Å². The van der Waals surface area contributed by atoms with Crippen molar-refractivity contribution in [3.63, 3.8) is 0 Å². The van der Waals surface area contributed by atoms with Gasteiger partial charge in [-0.15, -0.1) is 22.7 Å². The first-order chi connectivity index (χ1) is 12.2. The van der Waals surface area contributed by atoms with Crippen LogP contribution in [0, 0.1) is 0 Å². The Bertz CT molecular complexity index is 865. The minimum atomic E-state index is 0.0262. The van der Waals surface area contributed by atoms with Crippen molar-refractivity contribution >= 4 is 43.9 Å². The van der Waals surface area contributed by atoms with Crippen LogP contribution in [0.3, 0.4) is 0 Å². The highest BCUT2D eigenvalue weighted by atomic mass is 32.1. The summed E-state index contributed by atoms with van der Waals surface area (Å²) in [4.78, 5) is 22.2. The lowest BCUT2D eigenvalue weighted by molar-refractivity contribution is 0.0955. The molecule has 0 saturated carbocycles. The normalized spacial score (nSPS) is 19.0. The van der Waals surface area contributed by atoms with Gasteiger partial charge < -0.3 is 10.2 Å². The number of amides is 1. The number of rotatable bonds is 6. The summed E-state index contributed by atoms with van der Waals surface area (Å²) in [5.41, 5.74) is 1.03. The van der Waals surface area contributed by atoms with E-state index in [1.165, 1.54) is 37.1 Å². The van der Waals surface area contributed by atoms with Gasteiger partial charge in [0.1, 0.15) is 4.83 Å². The van der Waals surface area contributed by atoms with Gasteiger partial charge in [0, 0.05) is 24.2 Å². The van der Waals surface area contributed by atoms with Crippen molar-refractivity contribution in [1.29, 1.82) is 0 Å². The molecular weight excluding hydrogens is 352 g/mol. The van der Waals surface area contributed by atoms with Gasteiger partial charge in [-0.05, 0) is 51.8 Å². The Balaban J connectivity index is 1.25. The maximum Gasteiger partial charge on any atom is 0.261 e. The Hall–Kier alpha value is -1.44. The zero-order chi connectivity index (χ0) is 17.2. The summed E-state index contributed by atoms with van der Waals surface area (Å²) in [7, 11) is 0. The fourth-order valence-corrected chi connectivity index (χ4v) is 5.29. The molecule has 0 radical (unpaired) electrons. The summed E-state index contributed by atoms with van der Waals surface area (Å²) in [6.07, 6.45) is 8.22. The summed E-state index contributed by atoms with van der Waals surface area (Å²) in [5.74, 6) is 0.0262. The van der Waals surface area contributed by atoms with E-state index in [-0.39, 0.29) is 5.91 Å². The van der Waals surface area contributed by atoms with E-state index >= 15 is 0 Å². The van der Waals surface area contributed by atoms with Crippen molar-refractivity contribution < 1.29 is 4.79 Å². The molecule has 3 aromatic heterocycles. The number of hydrogen-bond donors (Lipinski definition) is 1. The SMILES string of the molecule is CC1CCCCN1CCCCNC(=O)c1cc2c(nc3sccn32)s1. The van der Waals surface area contributed by atoms with Gasteiger partial charge in [0.05, 0.1) is 10.4 Å². The molecule has 1 aliphatic rings. The van der Waals surface area contributed by atoms with Crippen molar-refractivity contribution in [2.45, 2.75) is 45.1 Å². The third kappa shape index (κ3) is 3.59. The van der Waals surface area contributed by atoms with E-state index in [2.05, 4.69) is 22.1 Å². The molecule has 1 amide bonds. The fourth-order valence-electron chi connectivity index (χ4n) is 3.58. The van der Waals surface area contributed by atoms with E-state index in [0.717, 1.165) is 52.2 Å². The van der Waals surface area contributed by atoms with Crippen LogP contribution in [-0.2, 0) is 0 Å².